The number of hydrogen-bond acceptors (Lipinski definition) is 2. The van der Waals surface area contributed by atoms with E-state index in [2.05, 4.69) is 11.3 Å². The van der Waals surface area contributed by atoms with Crippen LogP contribution < -0.4 is 0 Å². The maximum absolute atomic E-state index is 13.4. The highest BCUT2D eigenvalue weighted by molar-refractivity contribution is 6.14. The van der Waals surface area contributed by atoms with Crippen molar-refractivity contribution < 1.29 is 13.9 Å². The second-order valence-electron chi connectivity index (χ2n) is 3.17. The van der Waals surface area contributed by atoms with Crippen molar-refractivity contribution in [2.24, 2.45) is 0 Å². The predicted octanol–water partition coefficient (Wildman–Crippen LogP) is 2.13. The van der Waals surface area contributed by atoms with E-state index in [-0.39, 0.29) is 19.3 Å². The Morgan fingerprint density at radius 3 is 2.79 bits per heavy atom. The third-order valence-electron chi connectivity index (χ3n) is 1.81. The molecule has 2 nitrogen and oxygen atoms in total. The Balaban J connectivity index is 3.73. The summed E-state index contributed by atoms with van der Waals surface area (Å²) in [4.78, 5) is 10.9. The first-order valence-electron chi connectivity index (χ1n) is 4.76. The lowest BCUT2D eigenvalue weighted by Crippen LogP contribution is -2.24. The van der Waals surface area contributed by atoms with Gasteiger partial charge in [-0.05, 0) is 26.2 Å². The molecule has 1 atom stereocenters. The van der Waals surface area contributed by atoms with Crippen LogP contribution >= 0.6 is 0 Å². The van der Waals surface area contributed by atoms with Crippen molar-refractivity contribution in [3.05, 3.63) is 12.7 Å². The molecule has 0 bridgehead atoms. The van der Waals surface area contributed by atoms with E-state index in [0.717, 1.165) is 0 Å². The molecule has 0 amide bonds. The van der Waals surface area contributed by atoms with Gasteiger partial charge < -0.3 is 4.74 Å². The van der Waals surface area contributed by atoms with Gasteiger partial charge in [0.05, 0.1) is 12.2 Å². The Morgan fingerprint density at radius 1 is 1.64 bits per heavy atom. The van der Waals surface area contributed by atoms with Crippen LogP contribution in [0.2, 0.25) is 0 Å². The molecule has 0 aliphatic rings. The van der Waals surface area contributed by atoms with E-state index in [1.54, 1.807) is 13.0 Å². The van der Waals surface area contributed by atoms with Gasteiger partial charge in [-0.2, -0.15) is 0 Å². The van der Waals surface area contributed by atoms with Crippen LogP contribution in [0.25, 0.3) is 0 Å². The van der Waals surface area contributed by atoms with E-state index < -0.39 is 11.5 Å². The third kappa shape index (κ3) is 6.69. The molecule has 4 heteroatoms. The average molecular weight is 198 g/mol. The monoisotopic (exact) mass is 198 g/mol. The summed E-state index contributed by atoms with van der Waals surface area (Å²) >= 11 is 0. The number of carbonyl (C=O) groups excluding carboxylic acids is 1. The second kappa shape index (κ2) is 6.63. The molecule has 0 heterocycles. The molecule has 78 valence electrons. The van der Waals surface area contributed by atoms with Crippen molar-refractivity contribution in [2.45, 2.75) is 38.2 Å². The van der Waals surface area contributed by atoms with Gasteiger partial charge in [-0.1, -0.05) is 6.08 Å². The fourth-order valence-electron chi connectivity index (χ4n) is 1.01. The summed E-state index contributed by atoms with van der Waals surface area (Å²) < 4.78 is 18.1. The Labute approximate surface area is 85.9 Å². The molecule has 0 saturated heterocycles. The molecule has 1 unspecified atom stereocenters. The predicted molar refractivity (Wildman–Crippen MR) is 54.9 cm³/mol. The molecule has 0 fully saturated rings. The minimum absolute atomic E-state index is 0.000324. The van der Waals surface area contributed by atoms with E-state index in [1.807, 2.05) is 0 Å². The number of halogens is 1. The number of allylic oxidation sites excluding steroid dienone is 1. The van der Waals surface area contributed by atoms with Crippen LogP contribution in [0.1, 0.15) is 32.6 Å². The first-order valence-corrected chi connectivity index (χ1v) is 4.76. The van der Waals surface area contributed by atoms with Crippen LogP contribution in [0.15, 0.2) is 12.7 Å². The van der Waals surface area contributed by atoms with E-state index >= 15 is 0 Å². The van der Waals surface area contributed by atoms with Gasteiger partial charge >= 0.3 is 5.97 Å². The number of rotatable bonds is 7. The maximum atomic E-state index is 13.4. The quantitative estimate of drug-likeness (QED) is 0.355. The van der Waals surface area contributed by atoms with Crippen LogP contribution in [-0.2, 0) is 9.53 Å². The zero-order valence-electron chi connectivity index (χ0n) is 8.59. The van der Waals surface area contributed by atoms with Gasteiger partial charge in [-0.3, -0.25) is 9.18 Å². The van der Waals surface area contributed by atoms with Crippen LogP contribution in [0.4, 0.5) is 4.39 Å². The highest BCUT2D eigenvalue weighted by Crippen LogP contribution is 2.20. The summed E-state index contributed by atoms with van der Waals surface area (Å²) in [6, 6.07) is 0. The van der Waals surface area contributed by atoms with Gasteiger partial charge in [0.15, 0.2) is 0 Å². The van der Waals surface area contributed by atoms with Crippen molar-refractivity contribution in [2.75, 3.05) is 6.61 Å². The molecule has 0 aromatic rings. The Hall–Kier alpha value is -0.795. The lowest BCUT2D eigenvalue weighted by molar-refractivity contribution is -0.143. The molecule has 0 aliphatic heterocycles. The molecule has 0 rings (SSSR count). The van der Waals surface area contributed by atoms with Gasteiger partial charge in [-0.25, -0.2) is 0 Å². The van der Waals surface area contributed by atoms with Crippen LogP contribution in [0.5, 0.6) is 0 Å². The lowest BCUT2D eigenvalue weighted by atomic mass is 9.76. The fraction of sp³-hybridized carbons (Fsp3) is 0.700. The number of ether oxygens (including phenoxy) is 1. The number of alkyl halides is 1. The first kappa shape index (κ1) is 13.2. The zero-order chi connectivity index (χ0) is 11.0. The largest absolute Gasteiger partial charge is 0.466 e. The molecule has 0 aliphatic carbocycles. The molecular weight excluding hydrogens is 182 g/mol. The van der Waals surface area contributed by atoms with Crippen LogP contribution in [0.3, 0.4) is 0 Å². The minimum atomic E-state index is -1.79. The molecule has 14 heavy (non-hydrogen) atoms. The van der Waals surface area contributed by atoms with Crippen molar-refractivity contribution in [1.82, 2.24) is 0 Å². The number of hydrogen-bond donors (Lipinski definition) is 0. The van der Waals surface area contributed by atoms with Crippen molar-refractivity contribution in [3.8, 4) is 0 Å². The summed E-state index contributed by atoms with van der Waals surface area (Å²) in [5, 5.41) is 0. The highest BCUT2D eigenvalue weighted by Gasteiger charge is 2.22. The van der Waals surface area contributed by atoms with Gasteiger partial charge in [0.25, 0.3) is 0 Å². The first-order chi connectivity index (χ1) is 6.52. The molecule has 0 N–H and O–H groups in total. The smallest absolute Gasteiger partial charge is 0.305 e. The van der Waals surface area contributed by atoms with Gasteiger partial charge in [0.1, 0.15) is 7.85 Å². The number of esters is 1. The Morgan fingerprint density at radius 2 is 2.29 bits per heavy atom. The summed E-state index contributed by atoms with van der Waals surface area (Å²) in [6.45, 7) is 5.50. The topological polar surface area (TPSA) is 26.3 Å². The van der Waals surface area contributed by atoms with Crippen LogP contribution in [0, 0.1) is 0 Å². The summed E-state index contributed by atoms with van der Waals surface area (Å²) in [5.41, 5.74) is -1.79. The van der Waals surface area contributed by atoms with Crippen molar-refractivity contribution in [1.29, 1.82) is 0 Å². The van der Waals surface area contributed by atoms with Crippen LogP contribution in [-0.4, -0.2) is 26.0 Å². The van der Waals surface area contributed by atoms with Crippen molar-refractivity contribution in [3.63, 3.8) is 0 Å². The standard InChI is InChI=1S/C10H16BFO2/c1-3-5-7-10(11,12)8-6-9(13)14-4-2/h3H,1,4-8H2,2H3. The van der Waals surface area contributed by atoms with E-state index in [4.69, 9.17) is 7.85 Å². The van der Waals surface area contributed by atoms with Gasteiger partial charge in [0.2, 0.25) is 0 Å². The average Bonchev–Trinajstić information content (AvgIpc) is 2.13. The van der Waals surface area contributed by atoms with E-state index in [9.17, 15) is 9.18 Å². The third-order valence-corrected chi connectivity index (χ3v) is 1.81. The second-order valence-corrected chi connectivity index (χ2v) is 3.17. The lowest BCUT2D eigenvalue weighted by Gasteiger charge is -2.19. The molecule has 0 aromatic heterocycles. The molecule has 0 spiro atoms. The van der Waals surface area contributed by atoms with Gasteiger partial charge in [-0.15, -0.1) is 6.58 Å². The maximum Gasteiger partial charge on any atom is 0.305 e. The molecule has 0 saturated carbocycles. The molecule has 2 radical (unpaired) electrons. The molecule has 0 aromatic carbocycles. The summed E-state index contributed by atoms with van der Waals surface area (Å²) in [7, 11) is 5.33. The normalized spacial score (nSPS) is 14.4. The van der Waals surface area contributed by atoms with Gasteiger partial charge in [0, 0.05) is 6.42 Å². The Kier molecular flexibility index (Phi) is 6.25. The fourth-order valence-corrected chi connectivity index (χ4v) is 1.01. The van der Waals surface area contributed by atoms with E-state index in [0.29, 0.717) is 13.0 Å². The zero-order valence-corrected chi connectivity index (χ0v) is 8.59. The van der Waals surface area contributed by atoms with Crippen molar-refractivity contribution >= 4 is 13.8 Å². The Bertz CT molecular complexity index is 193. The van der Waals surface area contributed by atoms with E-state index in [1.165, 1.54) is 0 Å². The summed E-state index contributed by atoms with van der Waals surface area (Å²) in [5.74, 6) is -0.404. The number of carbonyl (C=O) groups is 1. The minimum Gasteiger partial charge on any atom is -0.466 e. The summed E-state index contributed by atoms with van der Waals surface area (Å²) in [6.07, 6.45) is 2.33. The molecular formula is C10H16BFO2. The SMILES string of the molecule is [B]C(F)(CCC=C)CCC(=O)OCC. The highest BCUT2D eigenvalue weighted by atomic mass is 19.1.